The maximum Gasteiger partial charge on any atom is 0.249 e. The minimum absolute atomic E-state index is 0.106. The lowest BCUT2D eigenvalue weighted by molar-refractivity contribution is -0.131. The van der Waals surface area contributed by atoms with Crippen LogP contribution in [0.4, 0.5) is 5.82 Å². The fraction of sp³-hybridized carbons (Fsp3) is 0.538. The number of anilines is 1. The van der Waals surface area contributed by atoms with Crippen molar-refractivity contribution in [3.8, 4) is 0 Å². The van der Waals surface area contributed by atoms with Gasteiger partial charge in [-0.05, 0) is 19.9 Å². The van der Waals surface area contributed by atoms with E-state index in [1.807, 2.05) is 38.1 Å². The van der Waals surface area contributed by atoms with E-state index in [2.05, 4.69) is 10.3 Å². The van der Waals surface area contributed by atoms with Crippen molar-refractivity contribution in [3.05, 3.63) is 23.9 Å². The number of carbonyl (C=O) groups excluding carboxylic acids is 1. The Morgan fingerprint density at radius 3 is 2.89 bits per heavy atom. The number of pyridine rings is 1. The Balaban J connectivity index is 2.61. The summed E-state index contributed by atoms with van der Waals surface area (Å²) in [7, 11) is 3.85. The van der Waals surface area contributed by atoms with E-state index in [9.17, 15) is 4.79 Å². The van der Waals surface area contributed by atoms with Crippen LogP contribution < -0.4 is 10.2 Å². The van der Waals surface area contributed by atoms with Crippen LogP contribution in [-0.2, 0) is 16.1 Å². The smallest absolute Gasteiger partial charge is 0.249 e. The summed E-state index contributed by atoms with van der Waals surface area (Å²) in [5, 5.41) is 2.85. The van der Waals surface area contributed by atoms with Crippen molar-refractivity contribution in [2.45, 2.75) is 26.5 Å². The first-order chi connectivity index (χ1) is 8.56. The molecule has 0 aliphatic heterocycles. The summed E-state index contributed by atoms with van der Waals surface area (Å²) in [6.07, 6.45) is 1.32. The lowest BCUT2D eigenvalue weighted by Gasteiger charge is -2.17. The maximum atomic E-state index is 11.7. The highest BCUT2D eigenvalue weighted by Crippen LogP contribution is 2.13. The molecule has 1 aromatic heterocycles. The molecule has 1 aromatic rings. The lowest BCUT2D eigenvalue weighted by atomic mass is 10.2. The molecule has 0 fully saturated rings. The van der Waals surface area contributed by atoms with Crippen LogP contribution in [-0.4, -0.2) is 37.7 Å². The largest absolute Gasteiger partial charge is 0.369 e. The highest BCUT2D eigenvalue weighted by Gasteiger charge is 2.13. The molecule has 0 unspecified atom stereocenters. The van der Waals surface area contributed by atoms with Gasteiger partial charge >= 0.3 is 0 Å². The second-order valence-electron chi connectivity index (χ2n) is 4.20. The molecule has 1 atom stereocenters. The standard InChI is InChI=1S/C13H21N3O2/c1-5-18-10(2)13(17)15-9-11-7-6-8-14-12(11)16(3)4/h6-8,10H,5,9H2,1-4H3,(H,15,17)/t10-/m0/s1. The molecular weight excluding hydrogens is 230 g/mol. The van der Waals surface area contributed by atoms with Crippen molar-refractivity contribution >= 4 is 11.7 Å². The minimum Gasteiger partial charge on any atom is -0.369 e. The van der Waals surface area contributed by atoms with Gasteiger partial charge in [-0.2, -0.15) is 0 Å². The Labute approximate surface area is 108 Å². The first-order valence-electron chi connectivity index (χ1n) is 6.06. The summed E-state index contributed by atoms with van der Waals surface area (Å²) in [5.41, 5.74) is 0.986. The summed E-state index contributed by atoms with van der Waals surface area (Å²) in [4.78, 5) is 17.9. The third-order valence-corrected chi connectivity index (χ3v) is 2.53. The Morgan fingerprint density at radius 2 is 2.28 bits per heavy atom. The molecule has 0 saturated carbocycles. The molecule has 0 saturated heterocycles. The number of aromatic nitrogens is 1. The molecule has 5 nitrogen and oxygen atoms in total. The fourth-order valence-corrected chi connectivity index (χ4v) is 1.62. The van der Waals surface area contributed by atoms with Crippen LogP contribution in [0.3, 0.4) is 0 Å². The summed E-state index contributed by atoms with van der Waals surface area (Å²) in [6, 6.07) is 3.81. The Bertz CT molecular complexity index is 394. The van der Waals surface area contributed by atoms with Crippen molar-refractivity contribution in [1.29, 1.82) is 0 Å². The first kappa shape index (κ1) is 14.4. The zero-order valence-electron chi connectivity index (χ0n) is 11.4. The van der Waals surface area contributed by atoms with Gasteiger partial charge in [0.15, 0.2) is 0 Å². The van der Waals surface area contributed by atoms with Crippen LogP contribution in [0.25, 0.3) is 0 Å². The molecule has 0 aliphatic rings. The molecule has 0 radical (unpaired) electrons. The van der Waals surface area contributed by atoms with Gasteiger partial charge in [0, 0.05) is 39.0 Å². The quantitative estimate of drug-likeness (QED) is 0.825. The lowest BCUT2D eigenvalue weighted by Crippen LogP contribution is -2.34. The average Bonchev–Trinajstić information content (AvgIpc) is 2.36. The van der Waals surface area contributed by atoms with Crippen LogP contribution in [0.5, 0.6) is 0 Å². The third-order valence-electron chi connectivity index (χ3n) is 2.53. The van der Waals surface area contributed by atoms with E-state index >= 15 is 0 Å². The zero-order valence-corrected chi connectivity index (χ0v) is 11.4. The van der Waals surface area contributed by atoms with Crippen LogP contribution in [0.15, 0.2) is 18.3 Å². The maximum absolute atomic E-state index is 11.7. The van der Waals surface area contributed by atoms with Gasteiger partial charge in [-0.1, -0.05) is 6.07 Å². The predicted octanol–water partition coefficient (Wildman–Crippen LogP) is 1.19. The highest BCUT2D eigenvalue weighted by atomic mass is 16.5. The van der Waals surface area contributed by atoms with Crippen molar-refractivity contribution in [1.82, 2.24) is 10.3 Å². The van der Waals surface area contributed by atoms with Crippen molar-refractivity contribution < 1.29 is 9.53 Å². The van der Waals surface area contributed by atoms with E-state index < -0.39 is 6.10 Å². The van der Waals surface area contributed by atoms with Gasteiger partial charge in [0.05, 0.1) is 0 Å². The molecule has 5 heteroatoms. The van der Waals surface area contributed by atoms with Crippen LogP contribution in [0.1, 0.15) is 19.4 Å². The Hall–Kier alpha value is -1.62. The van der Waals surface area contributed by atoms with Crippen LogP contribution in [0.2, 0.25) is 0 Å². The Kier molecular flexibility index (Phi) is 5.58. The SMILES string of the molecule is CCO[C@@H](C)C(=O)NCc1cccnc1N(C)C. The van der Waals surface area contributed by atoms with E-state index in [-0.39, 0.29) is 5.91 Å². The summed E-state index contributed by atoms with van der Waals surface area (Å²) in [5.74, 6) is 0.757. The predicted molar refractivity (Wildman–Crippen MR) is 71.5 cm³/mol. The minimum atomic E-state index is -0.422. The zero-order chi connectivity index (χ0) is 13.5. The van der Waals surface area contributed by atoms with Gasteiger partial charge < -0.3 is 15.0 Å². The Morgan fingerprint density at radius 1 is 1.56 bits per heavy atom. The molecule has 1 N–H and O–H groups in total. The number of amides is 1. The summed E-state index contributed by atoms with van der Waals surface area (Å²) >= 11 is 0. The van der Waals surface area contributed by atoms with E-state index in [1.54, 1.807) is 13.1 Å². The number of nitrogens with one attached hydrogen (secondary N) is 1. The van der Waals surface area contributed by atoms with Crippen LogP contribution in [0, 0.1) is 0 Å². The fourth-order valence-electron chi connectivity index (χ4n) is 1.62. The molecule has 0 aliphatic carbocycles. The molecule has 0 aromatic carbocycles. The normalized spacial score (nSPS) is 12.0. The van der Waals surface area contributed by atoms with E-state index in [4.69, 9.17) is 4.74 Å². The van der Waals surface area contributed by atoms with E-state index in [0.717, 1.165) is 11.4 Å². The van der Waals surface area contributed by atoms with Crippen molar-refractivity contribution in [3.63, 3.8) is 0 Å². The van der Waals surface area contributed by atoms with Crippen LogP contribution >= 0.6 is 0 Å². The van der Waals surface area contributed by atoms with Gasteiger partial charge in [0.1, 0.15) is 11.9 Å². The summed E-state index contributed by atoms with van der Waals surface area (Å²) < 4.78 is 5.23. The highest BCUT2D eigenvalue weighted by molar-refractivity contribution is 5.80. The number of hydrogen-bond acceptors (Lipinski definition) is 4. The number of ether oxygens (including phenoxy) is 1. The number of hydrogen-bond donors (Lipinski definition) is 1. The number of rotatable bonds is 6. The van der Waals surface area contributed by atoms with Gasteiger partial charge in [0.2, 0.25) is 5.91 Å². The molecule has 1 rings (SSSR count). The van der Waals surface area contributed by atoms with E-state index in [0.29, 0.717) is 13.2 Å². The molecular formula is C13H21N3O2. The van der Waals surface area contributed by atoms with Gasteiger partial charge in [-0.15, -0.1) is 0 Å². The van der Waals surface area contributed by atoms with Crippen molar-refractivity contribution in [2.24, 2.45) is 0 Å². The molecule has 1 heterocycles. The monoisotopic (exact) mass is 251 g/mol. The molecule has 1 amide bonds. The van der Waals surface area contributed by atoms with E-state index in [1.165, 1.54) is 0 Å². The topological polar surface area (TPSA) is 54.5 Å². The van der Waals surface area contributed by atoms with Crippen molar-refractivity contribution in [2.75, 3.05) is 25.6 Å². The second kappa shape index (κ2) is 6.96. The van der Waals surface area contributed by atoms with Gasteiger partial charge in [-0.25, -0.2) is 4.98 Å². The number of carbonyl (C=O) groups is 1. The molecule has 18 heavy (non-hydrogen) atoms. The molecule has 0 spiro atoms. The second-order valence-corrected chi connectivity index (χ2v) is 4.20. The summed E-state index contributed by atoms with van der Waals surface area (Å²) in [6.45, 7) is 4.60. The molecule has 0 bridgehead atoms. The average molecular weight is 251 g/mol. The molecule has 100 valence electrons. The first-order valence-corrected chi connectivity index (χ1v) is 6.06. The third kappa shape index (κ3) is 4.00. The number of nitrogens with zero attached hydrogens (tertiary/aromatic N) is 2. The van der Waals surface area contributed by atoms with Gasteiger partial charge in [-0.3, -0.25) is 4.79 Å². The van der Waals surface area contributed by atoms with Gasteiger partial charge in [0.25, 0.3) is 0 Å².